The lowest BCUT2D eigenvalue weighted by atomic mass is 10.2. The van der Waals surface area contributed by atoms with E-state index in [1.165, 1.54) is 12.1 Å². The zero-order chi connectivity index (χ0) is 13.5. The molecule has 0 fully saturated rings. The first-order valence-corrected chi connectivity index (χ1v) is 5.77. The van der Waals surface area contributed by atoms with E-state index in [1.54, 1.807) is 0 Å². The fraction of sp³-hybridized carbons (Fsp3) is 0.462. The third-order valence-electron chi connectivity index (χ3n) is 2.25. The van der Waals surface area contributed by atoms with Crippen molar-refractivity contribution >= 4 is 0 Å². The van der Waals surface area contributed by atoms with E-state index in [0.717, 1.165) is 6.07 Å². The highest BCUT2D eigenvalue weighted by atomic mass is 19.1. The molecule has 0 radical (unpaired) electrons. The summed E-state index contributed by atoms with van der Waals surface area (Å²) in [7, 11) is 0. The quantitative estimate of drug-likeness (QED) is 0.804. The second-order valence-corrected chi connectivity index (χ2v) is 4.28. The molecule has 0 aliphatic heterocycles. The summed E-state index contributed by atoms with van der Waals surface area (Å²) >= 11 is 0. The Hall–Kier alpha value is -1.64. The van der Waals surface area contributed by atoms with E-state index in [0.29, 0.717) is 6.54 Å². The van der Waals surface area contributed by atoms with Crippen molar-refractivity contribution in [2.45, 2.75) is 26.0 Å². The minimum Gasteiger partial charge on any atom is -0.488 e. The Labute approximate surface area is 106 Å². The molecule has 0 aliphatic rings. The Morgan fingerprint density at radius 3 is 2.78 bits per heavy atom. The van der Waals surface area contributed by atoms with Crippen molar-refractivity contribution in [3.8, 4) is 11.8 Å². The van der Waals surface area contributed by atoms with Gasteiger partial charge in [0.2, 0.25) is 0 Å². The molecule has 0 heterocycles. The summed E-state index contributed by atoms with van der Waals surface area (Å²) in [6.07, 6.45) is -0.706. The molecular formula is C13H17FN2O2. The molecule has 1 unspecified atom stereocenters. The molecule has 18 heavy (non-hydrogen) atoms. The van der Waals surface area contributed by atoms with E-state index in [4.69, 9.17) is 10.00 Å². The van der Waals surface area contributed by atoms with Crippen LogP contribution in [0.4, 0.5) is 4.39 Å². The number of halogens is 1. The molecule has 0 amide bonds. The molecule has 0 saturated carbocycles. The number of ether oxygens (including phenoxy) is 1. The minimum atomic E-state index is -0.706. The van der Waals surface area contributed by atoms with Gasteiger partial charge in [-0.25, -0.2) is 4.39 Å². The fourth-order valence-electron chi connectivity index (χ4n) is 1.30. The molecule has 0 bridgehead atoms. The second kappa shape index (κ2) is 6.94. The number of hydrogen-bond donors (Lipinski definition) is 2. The van der Waals surface area contributed by atoms with Crippen LogP contribution in [0.15, 0.2) is 18.2 Å². The highest BCUT2D eigenvalue weighted by Crippen LogP contribution is 2.18. The number of nitriles is 1. The maximum Gasteiger partial charge on any atom is 0.166 e. The normalized spacial score (nSPS) is 12.2. The Balaban J connectivity index is 2.46. The Kier molecular flexibility index (Phi) is 5.56. The third kappa shape index (κ3) is 4.70. The second-order valence-electron chi connectivity index (χ2n) is 4.28. The van der Waals surface area contributed by atoms with Gasteiger partial charge in [0, 0.05) is 12.6 Å². The fourth-order valence-corrected chi connectivity index (χ4v) is 1.30. The van der Waals surface area contributed by atoms with Gasteiger partial charge in [-0.05, 0) is 18.2 Å². The molecule has 0 aliphatic carbocycles. The van der Waals surface area contributed by atoms with Gasteiger partial charge < -0.3 is 15.2 Å². The molecule has 0 spiro atoms. The van der Waals surface area contributed by atoms with Crippen LogP contribution in [0.3, 0.4) is 0 Å². The van der Waals surface area contributed by atoms with E-state index in [1.807, 2.05) is 19.9 Å². The molecule has 0 aromatic heterocycles. The van der Waals surface area contributed by atoms with E-state index in [9.17, 15) is 9.50 Å². The first-order chi connectivity index (χ1) is 8.52. The molecule has 1 rings (SSSR count). The van der Waals surface area contributed by atoms with Gasteiger partial charge in [-0.15, -0.1) is 0 Å². The standard InChI is InChI=1S/C13H17FN2O2/c1-9(2)16-7-11(17)8-18-13-4-3-10(6-15)5-12(13)14/h3-5,9,11,16-17H,7-8H2,1-2H3. The smallest absolute Gasteiger partial charge is 0.166 e. The monoisotopic (exact) mass is 252 g/mol. The molecule has 98 valence electrons. The van der Waals surface area contributed by atoms with Crippen LogP contribution in [-0.2, 0) is 0 Å². The number of nitrogens with zero attached hydrogens (tertiary/aromatic N) is 1. The van der Waals surface area contributed by atoms with E-state index >= 15 is 0 Å². The van der Waals surface area contributed by atoms with Crippen molar-refractivity contribution in [2.24, 2.45) is 0 Å². The first-order valence-electron chi connectivity index (χ1n) is 5.77. The molecule has 4 nitrogen and oxygen atoms in total. The molecular weight excluding hydrogens is 235 g/mol. The Bertz CT molecular complexity index is 429. The highest BCUT2D eigenvalue weighted by molar-refractivity contribution is 5.35. The first kappa shape index (κ1) is 14.4. The third-order valence-corrected chi connectivity index (χ3v) is 2.25. The van der Waals surface area contributed by atoms with Crippen LogP contribution in [0.5, 0.6) is 5.75 Å². The summed E-state index contributed by atoms with van der Waals surface area (Å²) in [4.78, 5) is 0. The van der Waals surface area contributed by atoms with Gasteiger partial charge in [-0.1, -0.05) is 13.8 Å². The van der Waals surface area contributed by atoms with Crippen molar-refractivity contribution in [3.63, 3.8) is 0 Å². The van der Waals surface area contributed by atoms with Crippen LogP contribution >= 0.6 is 0 Å². The lowest BCUT2D eigenvalue weighted by Gasteiger charge is -2.15. The Morgan fingerprint density at radius 2 is 2.22 bits per heavy atom. The summed E-state index contributed by atoms with van der Waals surface area (Å²) in [6.45, 7) is 4.32. The largest absolute Gasteiger partial charge is 0.488 e. The summed E-state index contributed by atoms with van der Waals surface area (Å²) < 4.78 is 18.6. The number of hydrogen-bond acceptors (Lipinski definition) is 4. The van der Waals surface area contributed by atoms with Crippen molar-refractivity contribution in [1.29, 1.82) is 5.26 Å². The summed E-state index contributed by atoms with van der Waals surface area (Å²) in [5.74, 6) is -0.560. The van der Waals surface area contributed by atoms with E-state index in [2.05, 4.69) is 5.32 Å². The number of benzene rings is 1. The lowest BCUT2D eigenvalue weighted by Crippen LogP contribution is -2.35. The zero-order valence-electron chi connectivity index (χ0n) is 10.5. The predicted molar refractivity (Wildman–Crippen MR) is 65.8 cm³/mol. The van der Waals surface area contributed by atoms with Crippen molar-refractivity contribution in [1.82, 2.24) is 5.32 Å². The number of aliphatic hydroxyl groups excluding tert-OH is 1. The molecule has 2 N–H and O–H groups in total. The van der Waals surface area contributed by atoms with Gasteiger partial charge in [0.05, 0.1) is 11.6 Å². The summed E-state index contributed by atoms with van der Waals surface area (Å²) in [5.41, 5.74) is 0.238. The van der Waals surface area contributed by atoms with Crippen LogP contribution in [0.1, 0.15) is 19.4 Å². The molecule has 1 aromatic rings. The number of aliphatic hydroxyl groups is 1. The van der Waals surface area contributed by atoms with Crippen molar-refractivity contribution in [3.05, 3.63) is 29.6 Å². The van der Waals surface area contributed by atoms with Crippen molar-refractivity contribution < 1.29 is 14.2 Å². The SMILES string of the molecule is CC(C)NCC(O)COc1ccc(C#N)cc1F. The van der Waals surface area contributed by atoms with Gasteiger partial charge in [0.15, 0.2) is 11.6 Å². The predicted octanol–water partition coefficient (Wildman–Crippen LogP) is 1.44. The van der Waals surface area contributed by atoms with E-state index in [-0.39, 0.29) is 24.0 Å². The lowest BCUT2D eigenvalue weighted by molar-refractivity contribution is 0.102. The van der Waals surface area contributed by atoms with Crippen molar-refractivity contribution in [2.75, 3.05) is 13.2 Å². The average Bonchev–Trinajstić information content (AvgIpc) is 2.34. The number of nitrogens with one attached hydrogen (secondary N) is 1. The summed E-state index contributed by atoms with van der Waals surface area (Å²) in [5, 5.41) is 21.2. The topological polar surface area (TPSA) is 65.3 Å². The van der Waals surface area contributed by atoms with Gasteiger partial charge in [-0.3, -0.25) is 0 Å². The maximum absolute atomic E-state index is 13.4. The Morgan fingerprint density at radius 1 is 1.50 bits per heavy atom. The maximum atomic E-state index is 13.4. The van der Waals surface area contributed by atoms with Crippen LogP contribution in [0.25, 0.3) is 0 Å². The van der Waals surface area contributed by atoms with Gasteiger partial charge in [-0.2, -0.15) is 5.26 Å². The highest BCUT2D eigenvalue weighted by Gasteiger charge is 2.09. The molecule has 0 saturated heterocycles. The minimum absolute atomic E-state index is 0.00252. The number of rotatable bonds is 6. The van der Waals surface area contributed by atoms with Crippen LogP contribution in [0.2, 0.25) is 0 Å². The van der Waals surface area contributed by atoms with E-state index < -0.39 is 11.9 Å². The molecule has 5 heteroatoms. The van der Waals surface area contributed by atoms with Crippen LogP contribution < -0.4 is 10.1 Å². The van der Waals surface area contributed by atoms with Crippen LogP contribution in [0, 0.1) is 17.1 Å². The average molecular weight is 252 g/mol. The van der Waals surface area contributed by atoms with Crippen LogP contribution in [-0.4, -0.2) is 30.4 Å². The van der Waals surface area contributed by atoms with Gasteiger partial charge in [0.25, 0.3) is 0 Å². The summed E-state index contributed by atoms with van der Waals surface area (Å²) in [6, 6.07) is 6.07. The zero-order valence-corrected chi connectivity index (χ0v) is 10.5. The molecule has 1 atom stereocenters. The molecule has 1 aromatic carbocycles. The van der Waals surface area contributed by atoms with Gasteiger partial charge in [0.1, 0.15) is 12.7 Å². The van der Waals surface area contributed by atoms with Gasteiger partial charge >= 0.3 is 0 Å².